The zero-order chi connectivity index (χ0) is 18.1. The molecule has 0 saturated carbocycles. The van der Waals surface area contributed by atoms with E-state index in [4.69, 9.17) is 13.9 Å². The first-order chi connectivity index (χ1) is 12.1. The fraction of sp³-hybridized carbons (Fsp3) is 0.333. The second kappa shape index (κ2) is 9.36. The van der Waals surface area contributed by atoms with Gasteiger partial charge in [-0.1, -0.05) is 6.07 Å². The molecule has 1 heterocycles. The fourth-order valence-electron chi connectivity index (χ4n) is 2.26. The van der Waals surface area contributed by atoms with E-state index in [1.165, 1.54) is 12.5 Å². The third-order valence-electron chi connectivity index (χ3n) is 3.60. The molecule has 7 heteroatoms. The van der Waals surface area contributed by atoms with Gasteiger partial charge in [0.25, 0.3) is 5.91 Å². The minimum atomic E-state index is -0.258. The lowest BCUT2D eigenvalue weighted by molar-refractivity contribution is -0.120. The van der Waals surface area contributed by atoms with Crippen molar-refractivity contribution >= 4 is 11.8 Å². The predicted molar refractivity (Wildman–Crippen MR) is 91.9 cm³/mol. The van der Waals surface area contributed by atoms with Crippen LogP contribution in [0.3, 0.4) is 0 Å². The van der Waals surface area contributed by atoms with E-state index in [0.29, 0.717) is 30.0 Å². The molecule has 0 bridgehead atoms. The van der Waals surface area contributed by atoms with E-state index in [0.717, 1.165) is 5.56 Å². The van der Waals surface area contributed by atoms with Gasteiger partial charge in [0.1, 0.15) is 6.26 Å². The van der Waals surface area contributed by atoms with Gasteiger partial charge in [0.05, 0.1) is 26.0 Å². The topological polar surface area (TPSA) is 89.8 Å². The van der Waals surface area contributed by atoms with E-state index in [2.05, 4.69) is 10.6 Å². The van der Waals surface area contributed by atoms with Gasteiger partial charge in [0.2, 0.25) is 5.91 Å². The van der Waals surface area contributed by atoms with Crippen LogP contribution in [-0.4, -0.2) is 39.1 Å². The van der Waals surface area contributed by atoms with Crippen molar-refractivity contribution in [2.45, 2.75) is 12.8 Å². The molecule has 2 rings (SSSR count). The monoisotopic (exact) mass is 346 g/mol. The Morgan fingerprint density at radius 3 is 2.52 bits per heavy atom. The molecule has 1 aromatic heterocycles. The van der Waals surface area contributed by atoms with Crippen LogP contribution >= 0.6 is 0 Å². The summed E-state index contributed by atoms with van der Waals surface area (Å²) in [5, 5.41) is 5.49. The maximum atomic E-state index is 11.8. The molecule has 2 N–H and O–H groups in total. The highest BCUT2D eigenvalue weighted by molar-refractivity contribution is 5.94. The number of hydrogen-bond donors (Lipinski definition) is 2. The van der Waals surface area contributed by atoms with Crippen molar-refractivity contribution in [1.82, 2.24) is 10.6 Å². The highest BCUT2D eigenvalue weighted by atomic mass is 16.5. The third kappa shape index (κ3) is 5.56. The third-order valence-corrected chi connectivity index (χ3v) is 3.60. The molecule has 134 valence electrons. The summed E-state index contributed by atoms with van der Waals surface area (Å²) in [6.07, 6.45) is 3.68. The van der Waals surface area contributed by atoms with Gasteiger partial charge in [-0.15, -0.1) is 0 Å². The Kier molecular flexibility index (Phi) is 6.88. The second-order valence-corrected chi connectivity index (χ2v) is 5.31. The molecule has 25 heavy (non-hydrogen) atoms. The number of carbonyl (C=O) groups is 2. The number of ether oxygens (including phenoxy) is 2. The average molecular weight is 346 g/mol. The van der Waals surface area contributed by atoms with Gasteiger partial charge < -0.3 is 24.5 Å². The minimum Gasteiger partial charge on any atom is -0.493 e. The summed E-state index contributed by atoms with van der Waals surface area (Å²) in [4.78, 5) is 23.5. The van der Waals surface area contributed by atoms with Crippen LogP contribution < -0.4 is 20.1 Å². The van der Waals surface area contributed by atoms with E-state index in [1.807, 2.05) is 18.2 Å². The van der Waals surface area contributed by atoms with E-state index < -0.39 is 0 Å². The van der Waals surface area contributed by atoms with Gasteiger partial charge >= 0.3 is 0 Å². The molecule has 0 aliphatic rings. The molecule has 0 unspecified atom stereocenters. The first-order valence-corrected chi connectivity index (χ1v) is 7.92. The predicted octanol–water partition coefficient (Wildman–Crippen LogP) is 1.78. The van der Waals surface area contributed by atoms with E-state index >= 15 is 0 Å². The summed E-state index contributed by atoms with van der Waals surface area (Å²) in [5.41, 5.74) is 1.47. The second-order valence-electron chi connectivity index (χ2n) is 5.31. The minimum absolute atomic E-state index is 0.118. The van der Waals surface area contributed by atoms with Crippen LogP contribution in [0.5, 0.6) is 11.5 Å². The lowest BCUT2D eigenvalue weighted by Crippen LogP contribution is -2.31. The smallest absolute Gasteiger partial charge is 0.254 e. The van der Waals surface area contributed by atoms with E-state index in [9.17, 15) is 9.59 Å². The van der Waals surface area contributed by atoms with Gasteiger partial charge in [-0.3, -0.25) is 9.59 Å². The van der Waals surface area contributed by atoms with Crippen molar-refractivity contribution in [1.29, 1.82) is 0 Å². The first-order valence-electron chi connectivity index (χ1n) is 7.92. The lowest BCUT2D eigenvalue weighted by Gasteiger charge is -2.10. The van der Waals surface area contributed by atoms with Crippen molar-refractivity contribution in [3.63, 3.8) is 0 Å². The normalized spacial score (nSPS) is 10.2. The highest BCUT2D eigenvalue weighted by Gasteiger charge is 2.08. The Hall–Kier alpha value is -2.96. The van der Waals surface area contributed by atoms with Crippen LogP contribution in [0.2, 0.25) is 0 Å². The van der Waals surface area contributed by atoms with Gasteiger partial charge in [-0.05, 0) is 30.2 Å². The van der Waals surface area contributed by atoms with Crippen molar-refractivity contribution in [2.24, 2.45) is 0 Å². The molecule has 0 saturated heterocycles. The number of nitrogens with one attached hydrogen (secondary N) is 2. The Labute approximate surface area is 146 Å². The number of carbonyl (C=O) groups excluding carboxylic acids is 2. The number of amides is 2. The Morgan fingerprint density at radius 1 is 1.04 bits per heavy atom. The number of furan rings is 1. The number of benzene rings is 1. The maximum Gasteiger partial charge on any atom is 0.254 e. The summed E-state index contributed by atoms with van der Waals surface area (Å²) in [5.74, 6) is 0.955. The molecule has 2 amide bonds. The zero-order valence-corrected chi connectivity index (χ0v) is 14.3. The molecule has 0 radical (unpaired) electrons. The van der Waals surface area contributed by atoms with Crippen LogP contribution in [0.1, 0.15) is 22.3 Å². The molecule has 2 aromatic rings. The van der Waals surface area contributed by atoms with Crippen LogP contribution in [0.15, 0.2) is 41.2 Å². The van der Waals surface area contributed by atoms with Crippen LogP contribution in [0.4, 0.5) is 0 Å². The average Bonchev–Trinajstić information content (AvgIpc) is 3.16. The molecule has 0 aliphatic carbocycles. The summed E-state index contributed by atoms with van der Waals surface area (Å²) < 4.78 is 15.3. The largest absolute Gasteiger partial charge is 0.493 e. The quantitative estimate of drug-likeness (QED) is 0.722. The zero-order valence-electron chi connectivity index (χ0n) is 14.3. The Balaban J connectivity index is 1.67. The summed E-state index contributed by atoms with van der Waals surface area (Å²) in [7, 11) is 3.17. The lowest BCUT2D eigenvalue weighted by atomic mass is 10.1. The summed E-state index contributed by atoms with van der Waals surface area (Å²) in [6.45, 7) is 0.774. The molecule has 0 aliphatic heterocycles. The number of rotatable bonds is 9. The molecular weight excluding hydrogens is 324 g/mol. The maximum absolute atomic E-state index is 11.8. The number of hydrogen-bond acceptors (Lipinski definition) is 5. The Morgan fingerprint density at radius 2 is 1.84 bits per heavy atom. The molecule has 7 nitrogen and oxygen atoms in total. The standard InChI is InChI=1S/C18H22N2O5/c1-23-15-4-3-13(11-16(15)24-2)5-8-19-17(21)6-9-20-18(22)14-7-10-25-12-14/h3-4,7,10-12H,5-6,8-9H2,1-2H3,(H,19,21)(H,20,22). The molecule has 0 fully saturated rings. The number of methoxy groups -OCH3 is 2. The van der Waals surface area contributed by atoms with Gasteiger partial charge in [0.15, 0.2) is 11.5 Å². The van der Waals surface area contributed by atoms with Crippen LogP contribution in [-0.2, 0) is 11.2 Å². The summed E-state index contributed by atoms with van der Waals surface area (Å²) in [6, 6.07) is 7.22. The SMILES string of the molecule is COc1ccc(CCNC(=O)CCNC(=O)c2ccoc2)cc1OC. The molecule has 0 atom stereocenters. The van der Waals surface area contributed by atoms with Gasteiger partial charge in [0, 0.05) is 19.5 Å². The van der Waals surface area contributed by atoms with Crippen LogP contribution in [0, 0.1) is 0 Å². The molecule has 0 spiro atoms. The molecular formula is C18H22N2O5. The highest BCUT2D eigenvalue weighted by Crippen LogP contribution is 2.27. The van der Waals surface area contributed by atoms with Crippen molar-refractivity contribution in [2.75, 3.05) is 27.3 Å². The molecule has 1 aromatic carbocycles. The van der Waals surface area contributed by atoms with Crippen molar-refractivity contribution < 1.29 is 23.5 Å². The van der Waals surface area contributed by atoms with Gasteiger partial charge in [-0.2, -0.15) is 0 Å². The van der Waals surface area contributed by atoms with Crippen molar-refractivity contribution in [3.8, 4) is 11.5 Å². The summed E-state index contributed by atoms with van der Waals surface area (Å²) >= 11 is 0. The Bertz CT molecular complexity index is 697. The van der Waals surface area contributed by atoms with E-state index in [1.54, 1.807) is 20.3 Å². The van der Waals surface area contributed by atoms with E-state index in [-0.39, 0.29) is 24.8 Å². The van der Waals surface area contributed by atoms with Crippen LogP contribution in [0.25, 0.3) is 0 Å². The first kappa shape index (κ1) is 18.4. The fourth-order valence-corrected chi connectivity index (χ4v) is 2.26. The van der Waals surface area contributed by atoms with Gasteiger partial charge in [-0.25, -0.2) is 0 Å². The van der Waals surface area contributed by atoms with Crippen molar-refractivity contribution in [3.05, 3.63) is 47.9 Å².